The molecule has 0 aliphatic carbocycles. The quantitative estimate of drug-likeness (QED) is 0.748. The Kier molecular flexibility index (Phi) is 4.66. The van der Waals surface area contributed by atoms with Crippen LogP contribution in [-0.2, 0) is 10.6 Å². The van der Waals surface area contributed by atoms with E-state index in [1.54, 1.807) is 0 Å². The summed E-state index contributed by atoms with van der Waals surface area (Å²) in [7, 11) is 0. The first-order valence-corrected chi connectivity index (χ1v) is 10.4. The van der Waals surface area contributed by atoms with E-state index < -0.39 is 12.3 Å². The van der Waals surface area contributed by atoms with E-state index in [9.17, 15) is 0 Å². The Morgan fingerprint density at radius 1 is 0.688 bits per heavy atom. The minimum Gasteiger partial charge on any atom is -0.216 e. The van der Waals surface area contributed by atoms with Gasteiger partial charge in [0.1, 0.15) is 0 Å². The summed E-state index contributed by atoms with van der Waals surface area (Å²) in [5.41, 5.74) is 2.90. The molecule has 2 aromatic rings. The summed E-state index contributed by atoms with van der Waals surface area (Å²) in [6.07, 6.45) is 0. The maximum atomic E-state index is 3.89. The fourth-order valence-electron chi connectivity index (χ4n) is 1.81. The monoisotopic (exact) mass is 288 g/mol. The third-order valence-corrected chi connectivity index (χ3v) is 6.37. The highest BCUT2D eigenvalue weighted by atomic mass is 79.9. The highest BCUT2D eigenvalue weighted by Crippen LogP contribution is 2.11. The predicted molar refractivity (Wildman–Crippen MR) is 75.0 cm³/mol. The maximum absolute atomic E-state index is 3.89. The highest BCUT2D eigenvalue weighted by Gasteiger charge is 2.14. The molecule has 0 saturated heterocycles. The fraction of sp³-hybridized carbons (Fsp3) is 0.143. The van der Waals surface area contributed by atoms with E-state index in [4.69, 9.17) is 0 Å². The van der Waals surface area contributed by atoms with Crippen molar-refractivity contribution in [2.75, 3.05) is 0 Å². The molecule has 0 aliphatic heterocycles. The third kappa shape index (κ3) is 3.79. The van der Waals surface area contributed by atoms with Crippen LogP contribution in [0.2, 0.25) is 0 Å². The van der Waals surface area contributed by atoms with Gasteiger partial charge in [0.2, 0.25) is 0 Å². The van der Waals surface area contributed by atoms with Gasteiger partial charge in [0, 0.05) is 0 Å². The van der Waals surface area contributed by atoms with Crippen LogP contribution in [0.25, 0.3) is 0 Å². The molecule has 0 spiro atoms. The molecular formula is C14H14AlBr. The Labute approximate surface area is 108 Å². The van der Waals surface area contributed by atoms with Gasteiger partial charge < -0.3 is 0 Å². The van der Waals surface area contributed by atoms with Gasteiger partial charge in [-0.2, -0.15) is 0 Å². The third-order valence-electron chi connectivity index (χ3n) is 2.60. The zero-order valence-corrected chi connectivity index (χ0v) is 11.9. The summed E-state index contributed by atoms with van der Waals surface area (Å²) in [5, 5.41) is 2.44. The largest absolute Gasteiger partial charge is 0.374 e. The number of rotatable bonds is 4. The van der Waals surface area contributed by atoms with Gasteiger partial charge in [0.15, 0.2) is 0 Å². The van der Waals surface area contributed by atoms with Gasteiger partial charge in [-0.1, -0.05) is 82.4 Å². The normalized spacial score (nSPS) is 10.1. The highest BCUT2D eigenvalue weighted by molar-refractivity contribution is 9.24. The van der Waals surface area contributed by atoms with Gasteiger partial charge in [-0.15, -0.1) is 0 Å². The zero-order valence-electron chi connectivity index (χ0n) is 9.14. The summed E-state index contributed by atoms with van der Waals surface area (Å²) in [5.74, 6) is 0. The lowest BCUT2D eigenvalue weighted by molar-refractivity contribution is 1.30. The predicted octanol–water partition coefficient (Wildman–Crippen LogP) is 3.94. The minimum absolute atomic E-state index is 0.843. The van der Waals surface area contributed by atoms with E-state index in [2.05, 4.69) is 74.7 Å². The lowest BCUT2D eigenvalue weighted by atomic mass is 10.2. The first kappa shape index (κ1) is 11.9. The van der Waals surface area contributed by atoms with Crippen LogP contribution in [0.4, 0.5) is 0 Å². The van der Waals surface area contributed by atoms with E-state index in [-0.39, 0.29) is 0 Å². The van der Waals surface area contributed by atoms with E-state index in [1.165, 1.54) is 21.7 Å². The summed E-state index contributed by atoms with van der Waals surface area (Å²) in [4.78, 5) is 0. The van der Waals surface area contributed by atoms with Crippen LogP contribution in [0.3, 0.4) is 0 Å². The summed E-state index contributed by atoms with van der Waals surface area (Å²) < 4.78 is 0. The fourth-order valence-corrected chi connectivity index (χ4v) is 5.77. The summed E-state index contributed by atoms with van der Waals surface area (Å²) in [6.45, 7) is 0. The molecule has 0 bridgehead atoms. The molecule has 2 rings (SSSR count). The average Bonchev–Trinajstić information content (AvgIpc) is 2.31. The van der Waals surface area contributed by atoms with Gasteiger partial charge in [0.25, 0.3) is 0 Å². The molecule has 0 radical (unpaired) electrons. The minimum atomic E-state index is -0.843. The number of hydrogen-bond donors (Lipinski definition) is 0. The number of halogens is 1. The second-order valence-corrected chi connectivity index (χ2v) is 9.87. The molecule has 2 heteroatoms. The van der Waals surface area contributed by atoms with Gasteiger partial charge in [-0.05, 0) is 0 Å². The van der Waals surface area contributed by atoms with Crippen molar-refractivity contribution in [1.82, 2.24) is 0 Å². The van der Waals surface area contributed by atoms with Gasteiger partial charge in [-0.25, -0.2) is 14.1 Å². The van der Waals surface area contributed by atoms with Crippen LogP contribution in [-0.4, -0.2) is 12.3 Å². The molecule has 0 atom stereocenters. The number of benzene rings is 2. The van der Waals surface area contributed by atoms with E-state index in [1.807, 2.05) is 0 Å². The molecular weight excluding hydrogens is 275 g/mol. The van der Waals surface area contributed by atoms with Crippen molar-refractivity contribution in [1.29, 1.82) is 0 Å². The van der Waals surface area contributed by atoms with Crippen molar-refractivity contribution >= 4 is 26.4 Å². The van der Waals surface area contributed by atoms with Crippen LogP contribution in [0.1, 0.15) is 11.1 Å². The molecule has 0 nitrogen and oxygen atoms in total. The molecule has 0 saturated carbocycles. The maximum Gasteiger partial charge on any atom is 0.374 e. The topological polar surface area (TPSA) is 0 Å². The van der Waals surface area contributed by atoms with Crippen molar-refractivity contribution in [2.45, 2.75) is 10.6 Å². The first-order chi connectivity index (χ1) is 7.84. The Morgan fingerprint density at radius 2 is 1.06 bits per heavy atom. The lowest BCUT2D eigenvalue weighted by Crippen LogP contribution is -2.12. The summed E-state index contributed by atoms with van der Waals surface area (Å²) in [6, 6.07) is 21.5. The Bertz CT molecular complexity index is 372. The van der Waals surface area contributed by atoms with Crippen LogP contribution >= 0.6 is 14.1 Å². The molecule has 0 aromatic heterocycles. The Morgan fingerprint density at radius 3 is 1.44 bits per heavy atom. The van der Waals surface area contributed by atoms with E-state index in [0.717, 1.165) is 0 Å². The Hall–Kier alpha value is -0.548. The molecule has 2 aromatic carbocycles. The molecule has 0 amide bonds. The van der Waals surface area contributed by atoms with Gasteiger partial charge in [0.05, 0.1) is 0 Å². The van der Waals surface area contributed by atoms with Gasteiger partial charge >= 0.3 is 12.3 Å². The van der Waals surface area contributed by atoms with Crippen molar-refractivity contribution in [3.63, 3.8) is 0 Å². The summed E-state index contributed by atoms with van der Waals surface area (Å²) >= 11 is 3.05. The van der Waals surface area contributed by atoms with Crippen molar-refractivity contribution < 1.29 is 0 Å². The smallest absolute Gasteiger partial charge is 0.216 e. The van der Waals surface area contributed by atoms with Gasteiger partial charge in [-0.3, -0.25) is 0 Å². The first-order valence-electron chi connectivity index (χ1n) is 5.56. The SMILES string of the molecule is [Br][Al]([CH2]c1ccccc1)[CH2]c1ccccc1. The molecule has 0 N–H and O–H groups in total. The molecule has 80 valence electrons. The Balaban J connectivity index is 1.92. The zero-order chi connectivity index (χ0) is 11.2. The standard InChI is InChI=1S/2C7H7.Al.BrH/c2*1-7-5-3-2-4-6-7;;/h2*2-6H,1H2;;1H/q;;+1;/p-1. The molecule has 0 aliphatic rings. The van der Waals surface area contributed by atoms with E-state index in [0.29, 0.717) is 0 Å². The average molecular weight is 289 g/mol. The van der Waals surface area contributed by atoms with Crippen LogP contribution < -0.4 is 0 Å². The molecule has 0 fully saturated rings. The molecule has 16 heavy (non-hydrogen) atoms. The van der Waals surface area contributed by atoms with Crippen molar-refractivity contribution in [2.24, 2.45) is 0 Å². The second kappa shape index (κ2) is 6.25. The van der Waals surface area contributed by atoms with Crippen LogP contribution in [0.15, 0.2) is 60.7 Å². The van der Waals surface area contributed by atoms with Crippen molar-refractivity contribution in [3.05, 3.63) is 71.8 Å². The lowest BCUT2D eigenvalue weighted by Gasteiger charge is -2.05. The van der Waals surface area contributed by atoms with Crippen molar-refractivity contribution in [3.8, 4) is 0 Å². The molecule has 0 unspecified atom stereocenters. The second-order valence-electron chi connectivity index (χ2n) is 3.98. The van der Waals surface area contributed by atoms with Crippen LogP contribution in [0.5, 0.6) is 0 Å². The molecule has 0 heterocycles. The van der Waals surface area contributed by atoms with Crippen LogP contribution in [0, 0.1) is 0 Å². The number of hydrogen-bond acceptors (Lipinski definition) is 0. The van der Waals surface area contributed by atoms with E-state index >= 15 is 0 Å².